The van der Waals surface area contributed by atoms with E-state index in [1.54, 1.807) is 0 Å². The Morgan fingerprint density at radius 1 is 0.947 bits per heavy atom. The van der Waals surface area contributed by atoms with Gasteiger partial charge >= 0.3 is 0 Å². The molecule has 0 radical (unpaired) electrons. The molecular formula is C16H15N3. The normalized spacial score (nSPS) is 10.8. The molecular weight excluding hydrogens is 234 g/mol. The highest BCUT2D eigenvalue weighted by Crippen LogP contribution is 2.25. The van der Waals surface area contributed by atoms with Crippen LogP contribution in [0.2, 0.25) is 0 Å². The third-order valence-corrected chi connectivity index (χ3v) is 3.27. The van der Waals surface area contributed by atoms with Crippen molar-refractivity contribution in [3.63, 3.8) is 0 Å². The van der Waals surface area contributed by atoms with Crippen LogP contribution in [-0.4, -0.2) is 9.97 Å². The lowest BCUT2D eigenvalue weighted by Gasteiger charge is -2.08. The van der Waals surface area contributed by atoms with Crippen molar-refractivity contribution in [2.24, 2.45) is 0 Å². The van der Waals surface area contributed by atoms with Gasteiger partial charge in [0.1, 0.15) is 5.82 Å². The fourth-order valence-electron chi connectivity index (χ4n) is 2.27. The lowest BCUT2D eigenvalue weighted by atomic mass is 10.0. The number of anilines is 1. The van der Waals surface area contributed by atoms with Gasteiger partial charge in [-0.25, -0.2) is 9.97 Å². The van der Waals surface area contributed by atoms with Crippen LogP contribution in [0, 0.1) is 0 Å². The Bertz CT molecular complexity index is 735. The van der Waals surface area contributed by atoms with Crippen LogP contribution < -0.4 is 5.73 Å². The second kappa shape index (κ2) is 4.69. The van der Waals surface area contributed by atoms with Crippen molar-refractivity contribution in [3.8, 4) is 11.4 Å². The number of nitrogens with zero attached hydrogens (tertiary/aromatic N) is 2. The Morgan fingerprint density at radius 3 is 2.53 bits per heavy atom. The van der Waals surface area contributed by atoms with Gasteiger partial charge in [-0.05, 0) is 24.1 Å². The van der Waals surface area contributed by atoms with Crippen LogP contribution in [0.25, 0.3) is 22.3 Å². The van der Waals surface area contributed by atoms with Gasteiger partial charge in [0, 0.05) is 10.9 Å². The van der Waals surface area contributed by atoms with Crippen molar-refractivity contribution >= 4 is 16.7 Å². The molecule has 2 aromatic carbocycles. The van der Waals surface area contributed by atoms with Crippen LogP contribution in [0.4, 0.5) is 5.82 Å². The summed E-state index contributed by atoms with van der Waals surface area (Å²) in [6, 6.07) is 16.0. The van der Waals surface area contributed by atoms with E-state index < -0.39 is 0 Å². The lowest BCUT2D eigenvalue weighted by Crippen LogP contribution is -1.99. The van der Waals surface area contributed by atoms with E-state index in [-0.39, 0.29) is 0 Å². The summed E-state index contributed by atoms with van der Waals surface area (Å²) in [6.07, 6.45) is 0.951. The molecule has 0 unspecified atom stereocenters. The van der Waals surface area contributed by atoms with Crippen LogP contribution >= 0.6 is 0 Å². The van der Waals surface area contributed by atoms with Gasteiger partial charge in [-0.15, -0.1) is 0 Å². The van der Waals surface area contributed by atoms with Crippen LogP contribution in [0.3, 0.4) is 0 Å². The van der Waals surface area contributed by atoms with Crippen molar-refractivity contribution in [2.75, 3.05) is 5.73 Å². The van der Waals surface area contributed by atoms with E-state index in [1.807, 2.05) is 42.5 Å². The largest absolute Gasteiger partial charge is 0.383 e. The molecule has 3 aromatic rings. The molecule has 0 amide bonds. The van der Waals surface area contributed by atoms with E-state index in [1.165, 1.54) is 5.56 Å². The molecule has 0 bridgehead atoms. The first-order chi connectivity index (χ1) is 9.29. The zero-order valence-electron chi connectivity index (χ0n) is 10.8. The van der Waals surface area contributed by atoms with Gasteiger partial charge in [-0.1, -0.05) is 43.3 Å². The molecule has 1 heterocycles. The monoisotopic (exact) mass is 249 g/mol. The van der Waals surface area contributed by atoms with Crippen LogP contribution in [0.15, 0.2) is 48.5 Å². The minimum absolute atomic E-state index is 0.534. The smallest absolute Gasteiger partial charge is 0.162 e. The standard InChI is InChI=1S/C16H15N3/c1-2-11-7-3-4-8-12(11)16-18-14-10-6-5-9-13(14)15(17)19-16/h3-10H,2H2,1H3,(H2,17,18,19). The third kappa shape index (κ3) is 2.03. The van der Waals surface area contributed by atoms with Gasteiger partial charge in [-0.2, -0.15) is 0 Å². The SMILES string of the molecule is CCc1ccccc1-c1nc(N)c2ccccc2n1. The number of para-hydroxylation sites is 1. The van der Waals surface area contributed by atoms with Gasteiger partial charge in [0.25, 0.3) is 0 Å². The molecule has 0 aliphatic heterocycles. The molecule has 2 N–H and O–H groups in total. The summed E-state index contributed by atoms with van der Waals surface area (Å²) in [5.41, 5.74) is 9.21. The highest BCUT2D eigenvalue weighted by molar-refractivity contribution is 5.89. The fraction of sp³-hybridized carbons (Fsp3) is 0.125. The summed E-state index contributed by atoms with van der Waals surface area (Å²) in [7, 11) is 0. The number of hydrogen-bond acceptors (Lipinski definition) is 3. The Hall–Kier alpha value is -2.42. The summed E-state index contributed by atoms with van der Waals surface area (Å²) >= 11 is 0. The topological polar surface area (TPSA) is 51.8 Å². The average molecular weight is 249 g/mol. The highest BCUT2D eigenvalue weighted by atomic mass is 14.9. The molecule has 3 rings (SSSR count). The second-order valence-corrected chi connectivity index (χ2v) is 4.46. The van der Waals surface area contributed by atoms with Gasteiger partial charge in [0.15, 0.2) is 5.82 Å². The summed E-state index contributed by atoms with van der Waals surface area (Å²) in [4.78, 5) is 9.07. The Morgan fingerprint density at radius 2 is 1.68 bits per heavy atom. The zero-order chi connectivity index (χ0) is 13.2. The van der Waals surface area contributed by atoms with Crippen molar-refractivity contribution in [3.05, 3.63) is 54.1 Å². The molecule has 0 spiro atoms. The number of aromatic nitrogens is 2. The molecule has 0 saturated carbocycles. The van der Waals surface area contributed by atoms with Crippen LogP contribution in [-0.2, 0) is 6.42 Å². The van der Waals surface area contributed by atoms with E-state index in [9.17, 15) is 0 Å². The lowest BCUT2D eigenvalue weighted by molar-refractivity contribution is 1.12. The predicted molar refractivity (Wildman–Crippen MR) is 78.8 cm³/mol. The molecule has 3 heteroatoms. The number of rotatable bonds is 2. The number of nitrogens with two attached hydrogens (primary N) is 1. The van der Waals surface area contributed by atoms with Crippen LogP contribution in [0.5, 0.6) is 0 Å². The quantitative estimate of drug-likeness (QED) is 0.757. The van der Waals surface area contributed by atoms with Gasteiger partial charge in [0.05, 0.1) is 5.52 Å². The number of hydrogen-bond donors (Lipinski definition) is 1. The molecule has 94 valence electrons. The molecule has 19 heavy (non-hydrogen) atoms. The van der Waals surface area contributed by atoms with E-state index in [0.717, 1.165) is 22.9 Å². The summed E-state index contributed by atoms with van der Waals surface area (Å²) in [5.74, 6) is 1.24. The maximum absolute atomic E-state index is 6.03. The predicted octanol–water partition coefficient (Wildman–Crippen LogP) is 3.44. The Balaban J connectivity index is 2.26. The number of nitrogen functional groups attached to an aromatic ring is 1. The van der Waals surface area contributed by atoms with E-state index in [2.05, 4.69) is 23.0 Å². The highest BCUT2D eigenvalue weighted by Gasteiger charge is 2.09. The second-order valence-electron chi connectivity index (χ2n) is 4.46. The van der Waals surface area contributed by atoms with Gasteiger partial charge in [0.2, 0.25) is 0 Å². The van der Waals surface area contributed by atoms with E-state index in [0.29, 0.717) is 11.6 Å². The zero-order valence-corrected chi connectivity index (χ0v) is 10.8. The third-order valence-electron chi connectivity index (χ3n) is 3.27. The molecule has 0 saturated heterocycles. The fourth-order valence-corrected chi connectivity index (χ4v) is 2.27. The van der Waals surface area contributed by atoms with E-state index in [4.69, 9.17) is 5.73 Å². The number of benzene rings is 2. The summed E-state index contributed by atoms with van der Waals surface area (Å²) in [5, 5.41) is 0.903. The Kier molecular flexibility index (Phi) is 2.88. The number of aryl methyl sites for hydroxylation is 1. The molecule has 0 aliphatic carbocycles. The minimum atomic E-state index is 0.534. The minimum Gasteiger partial charge on any atom is -0.383 e. The maximum atomic E-state index is 6.03. The van der Waals surface area contributed by atoms with E-state index >= 15 is 0 Å². The summed E-state index contributed by atoms with van der Waals surface area (Å²) < 4.78 is 0. The Labute approximate surface area is 112 Å². The van der Waals surface area contributed by atoms with Gasteiger partial charge < -0.3 is 5.73 Å². The first-order valence-electron chi connectivity index (χ1n) is 6.40. The molecule has 1 aromatic heterocycles. The molecule has 0 atom stereocenters. The molecule has 0 fully saturated rings. The average Bonchev–Trinajstić information content (AvgIpc) is 2.47. The summed E-state index contributed by atoms with van der Waals surface area (Å²) in [6.45, 7) is 2.13. The maximum Gasteiger partial charge on any atom is 0.162 e. The molecule has 0 aliphatic rings. The first-order valence-corrected chi connectivity index (χ1v) is 6.40. The van der Waals surface area contributed by atoms with Crippen molar-refractivity contribution < 1.29 is 0 Å². The van der Waals surface area contributed by atoms with Crippen molar-refractivity contribution in [1.82, 2.24) is 9.97 Å². The van der Waals surface area contributed by atoms with Crippen LogP contribution in [0.1, 0.15) is 12.5 Å². The first kappa shape index (κ1) is 11.7. The van der Waals surface area contributed by atoms with Gasteiger partial charge in [-0.3, -0.25) is 0 Å². The molecule has 3 nitrogen and oxygen atoms in total. The van der Waals surface area contributed by atoms with Crippen molar-refractivity contribution in [2.45, 2.75) is 13.3 Å². The van der Waals surface area contributed by atoms with Crippen molar-refractivity contribution in [1.29, 1.82) is 0 Å². The number of fused-ring (bicyclic) bond motifs is 1.